The molecule has 0 fully saturated rings. The van der Waals surface area contributed by atoms with Crippen molar-refractivity contribution in [2.45, 2.75) is 18.7 Å². The van der Waals surface area contributed by atoms with Crippen LogP contribution < -0.4 is 16.0 Å². The van der Waals surface area contributed by atoms with Gasteiger partial charge in [-0.25, -0.2) is 15.0 Å². The second-order valence-electron chi connectivity index (χ2n) is 6.73. The number of hydrogen-bond acceptors (Lipinski definition) is 8. The van der Waals surface area contributed by atoms with Gasteiger partial charge < -0.3 is 5.32 Å². The van der Waals surface area contributed by atoms with Crippen LogP contribution in [0.2, 0.25) is 5.02 Å². The molecule has 0 aliphatic heterocycles. The molecule has 5 aromatic rings. The lowest BCUT2D eigenvalue weighted by Crippen LogP contribution is -2.12. The van der Waals surface area contributed by atoms with Crippen molar-refractivity contribution in [1.29, 1.82) is 0 Å². The molecule has 0 spiro atoms. The lowest BCUT2D eigenvalue weighted by molar-refractivity contribution is 1.08. The van der Waals surface area contributed by atoms with Crippen molar-refractivity contribution in [2.24, 2.45) is 5.14 Å². The third-order valence-corrected chi connectivity index (χ3v) is 6.50. The summed E-state index contributed by atoms with van der Waals surface area (Å²) >= 11 is 8.80. The number of halogens is 1. The third kappa shape index (κ3) is 4.97. The summed E-state index contributed by atoms with van der Waals surface area (Å²) in [7, 11) is 0. The van der Waals surface area contributed by atoms with Gasteiger partial charge in [0.05, 0.1) is 16.3 Å². The number of nitrogens with one attached hydrogen (secondary N) is 1. The molecule has 7 nitrogen and oxygen atoms in total. The fourth-order valence-electron chi connectivity index (χ4n) is 3.30. The van der Waals surface area contributed by atoms with E-state index in [0.29, 0.717) is 27.3 Å². The molecule has 0 bridgehead atoms. The Hall–Kier alpha value is -3.24. The molecule has 0 atom stereocenters. The van der Waals surface area contributed by atoms with Crippen LogP contribution in [-0.2, 0) is 0 Å². The smallest absolute Gasteiger partial charge is 0.258 e. The van der Waals surface area contributed by atoms with Crippen molar-refractivity contribution in [2.75, 3.05) is 5.32 Å². The maximum atomic E-state index is 12.7. The lowest BCUT2D eigenvalue weighted by atomic mass is 10.1. The van der Waals surface area contributed by atoms with Gasteiger partial charge in [0.1, 0.15) is 0 Å². The molecule has 10 heteroatoms. The van der Waals surface area contributed by atoms with Gasteiger partial charge in [-0.2, -0.15) is 0 Å². The van der Waals surface area contributed by atoms with Crippen molar-refractivity contribution in [3.05, 3.63) is 88.4 Å². The zero-order valence-corrected chi connectivity index (χ0v) is 20.8. The van der Waals surface area contributed by atoms with Crippen molar-refractivity contribution >= 4 is 51.5 Å². The van der Waals surface area contributed by atoms with Gasteiger partial charge in [0.25, 0.3) is 5.56 Å². The average Bonchev–Trinajstić information content (AvgIpc) is 3.27. The summed E-state index contributed by atoms with van der Waals surface area (Å²) in [5, 5.41) is 9.45. The highest BCUT2D eigenvalue weighted by atomic mass is 35.5. The summed E-state index contributed by atoms with van der Waals surface area (Å²) in [4.78, 5) is 28.4. The summed E-state index contributed by atoms with van der Waals surface area (Å²) in [6, 6.07) is 18.3. The molecule has 0 amide bonds. The van der Waals surface area contributed by atoms with Crippen LogP contribution in [0.5, 0.6) is 0 Å². The van der Waals surface area contributed by atoms with E-state index < -0.39 is 0 Å². The largest absolute Gasteiger partial charge is 0.324 e. The predicted octanol–water partition coefficient (Wildman–Crippen LogP) is 6.27. The third-order valence-electron chi connectivity index (χ3n) is 4.66. The normalized spacial score (nSPS) is 10.6. The molecule has 0 aliphatic carbocycles. The Balaban J connectivity index is 0.00000133. The SMILES string of the molecule is CC.NSc1cccc(Nc2nccc(-c3sc4nccc(=O)n4c3-c3cccc(Cl)c3)n2)c1. The van der Waals surface area contributed by atoms with Crippen LogP contribution in [0.25, 0.3) is 26.8 Å². The molecule has 3 aromatic heterocycles. The van der Waals surface area contributed by atoms with Crippen molar-refractivity contribution in [3.63, 3.8) is 0 Å². The standard InChI is InChI=1S/C22H15ClN6OS2.C2H6/c23-14-4-1-3-13(11-14)19-20(31-22-26-10-8-18(30)29(19)22)17-7-9-25-21(28-17)27-15-5-2-6-16(12-15)32-24;1-2/h1-12H,24H2,(H,25,27,28);1-2H3. The highest BCUT2D eigenvalue weighted by molar-refractivity contribution is 7.97. The maximum Gasteiger partial charge on any atom is 0.258 e. The summed E-state index contributed by atoms with van der Waals surface area (Å²) < 4.78 is 1.59. The first-order valence-corrected chi connectivity index (χ1v) is 12.5. The van der Waals surface area contributed by atoms with Gasteiger partial charge in [0.15, 0.2) is 4.96 Å². The average molecular weight is 509 g/mol. The molecule has 34 heavy (non-hydrogen) atoms. The molecule has 3 N–H and O–H groups in total. The minimum atomic E-state index is -0.170. The molecular weight excluding hydrogens is 488 g/mol. The first-order valence-electron chi connectivity index (χ1n) is 10.5. The number of thiazole rings is 1. The van der Waals surface area contributed by atoms with Crippen LogP contribution in [0.1, 0.15) is 13.8 Å². The number of hydrogen-bond donors (Lipinski definition) is 2. The van der Waals surface area contributed by atoms with E-state index in [1.165, 1.54) is 35.5 Å². The minimum absolute atomic E-state index is 0.170. The number of nitrogens with two attached hydrogens (primary N) is 1. The Morgan fingerprint density at radius 2 is 1.82 bits per heavy atom. The second kappa shape index (κ2) is 10.8. The molecule has 0 saturated carbocycles. The molecule has 0 aliphatic rings. The van der Waals surface area contributed by atoms with E-state index >= 15 is 0 Å². The Labute approximate surface area is 209 Å². The van der Waals surface area contributed by atoms with Gasteiger partial charge in [-0.3, -0.25) is 14.3 Å². The van der Waals surface area contributed by atoms with Crippen LogP contribution in [-0.4, -0.2) is 19.4 Å². The van der Waals surface area contributed by atoms with Gasteiger partial charge in [-0.15, -0.1) is 0 Å². The van der Waals surface area contributed by atoms with E-state index in [1.807, 2.05) is 56.3 Å². The molecule has 5 rings (SSSR count). The predicted molar refractivity (Wildman–Crippen MR) is 142 cm³/mol. The van der Waals surface area contributed by atoms with Crippen molar-refractivity contribution in [3.8, 4) is 21.8 Å². The van der Waals surface area contributed by atoms with Gasteiger partial charge in [-0.1, -0.05) is 55.0 Å². The van der Waals surface area contributed by atoms with Crippen LogP contribution in [0.4, 0.5) is 11.6 Å². The number of anilines is 2. The van der Waals surface area contributed by atoms with Gasteiger partial charge in [-0.05, 0) is 48.3 Å². The van der Waals surface area contributed by atoms with E-state index in [4.69, 9.17) is 21.7 Å². The highest BCUT2D eigenvalue weighted by Gasteiger charge is 2.19. The number of benzene rings is 2. The van der Waals surface area contributed by atoms with Gasteiger partial charge >= 0.3 is 0 Å². The molecule has 3 heterocycles. The second-order valence-corrected chi connectivity index (χ2v) is 8.85. The van der Waals surface area contributed by atoms with E-state index in [1.54, 1.807) is 22.7 Å². The first kappa shape index (κ1) is 23.9. The highest BCUT2D eigenvalue weighted by Crippen LogP contribution is 2.38. The molecule has 172 valence electrons. The van der Waals surface area contributed by atoms with Crippen LogP contribution in [0.3, 0.4) is 0 Å². The maximum absolute atomic E-state index is 12.7. The summed E-state index contributed by atoms with van der Waals surface area (Å²) in [5.74, 6) is 0.427. The first-order chi connectivity index (χ1) is 16.6. The molecule has 2 aromatic carbocycles. The van der Waals surface area contributed by atoms with Gasteiger partial charge in [0, 0.05) is 39.6 Å². The van der Waals surface area contributed by atoms with Crippen LogP contribution >= 0.6 is 34.9 Å². The fourth-order valence-corrected chi connectivity index (χ4v) is 4.94. The number of aromatic nitrogens is 4. The van der Waals surface area contributed by atoms with E-state index in [9.17, 15) is 4.79 Å². The van der Waals surface area contributed by atoms with Crippen LogP contribution in [0, 0.1) is 0 Å². The summed E-state index contributed by atoms with van der Waals surface area (Å²) in [6.07, 6.45) is 3.18. The Kier molecular flexibility index (Phi) is 7.59. The minimum Gasteiger partial charge on any atom is -0.324 e. The zero-order chi connectivity index (χ0) is 24.1. The van der Waals surface area contributed by atoms with Crippen LogP contribution in [0.15, 0.2) is 82.7 Å². The Morgan fingerprint density at radius 1 is 1.03 bits per heavy atom. The van der Waals surface area contributed by atoms with E-state index in [-0.39, 0.29) is 5.56 Å². The number of fused-ring (bicyclic) bond motifs is 1. The van der Waals surface area contributed by atoms with Crippen molar-refractivity contribution in [1.82, 2.24) is 19.4 Å². The molecule has 0 saturated heterocycles. The topological polar surface area (TPSA) is 98.2 Å². The molecular formula is C24H21ClN6OS2. The molecule has 0 unspecified atom stereocenters. The Bertz CT molecular complexity index is 1500. The monoisotopic (exact) mass is 508 g/mol. The fraction of sp³-hybridized carbons (Fsp3) is 0.0833. The number of nitrogens with zero attached hydrogens (tertiary/aromatic N) is 4. The summed E-state index contributed by atoms with van der Waals surface area (Å²) in [6.45, 7) is 4.00. The Morgan fingerprint density at radius 3 is 2.62 bits per heavy atom. The van der Waals surface area contributed by atoms with Gasteiger partial charge in [0.2, 0.25) is 5.95 Å². The van der Waals surface area contributed by atoms with E-state index in [2.05, 4.69) is 15.3 Å². The number of rotatable bonds is 5. The molecule has 0 radical (unpaired) electrons. The quantitative estimate of drug-likeness (QED) is 0.270. The lowest BCUT2D eigenvalue weighted by Gasteiger charge is -2.09. The van der Waals surface area contributed by atoms with Crippen molar-refractivity contribution < 1.29 is 0 Å². The summed E-state index contributed by atoms with van der Waals surface area (Å²) in [5.41, 5.74) is 2.81. The van der Waals surface area contributed by atoms with E-state index in [0.717, 1.165) is 21.0 Å². The zero-order valence-electron chi connectivity index (χ0n) is 18.4.